The molecule has 0 aliphatic carbocycles. The molecule has 0 unspecified atom stereocenters. The summed E-state index contributed by atoms with van der Waals surface area (Å²) in [5.41, 5.74) is -0.463. The van der Waals surface area contributed by atoms with E-state index in [1.807, 2.05) is 20.8 Å². The Labute approximate surface area is 96.1 Å². The molecule has 0 aromatic rings. The van der Waals surface area contributed by atoms with Crippen LogP contribution in [-0.2, 0) is 14.3 Å². The van der Waals surface area contributed by atoms with Gasteiger partial charge in [0.2, 0.25) is 0 Å². The van der Waals surface area contributed by atoms with Crippen LogP contribution in [0.4, 0.5) is 0 Å². The third kappa shape index (κ3) is 4.92. The summed E-state index contributed by atoms with van der Waals surface area (Å²) in [6.45, 7) is 6.72. The number of carbonyl (C=O) groups excluding carboxylic acids is 1. The Morgan fingerprint density at radius 1 is 1.44 bits per heavy atom. The molecule has 0 aromatic heterocycles. The van der Waals surface area contributed by atoms with Gasteiger partial charge in [0.05, 0.1) is 25.2 Å². The maximum absolute atomic E-state index is 11.5. The lowest BCUT2D eigenvalue weighted by Gasteiger charge is -2.30. The van der Waals surface area contributed by atoms with Gasteiger partial charge in [-0.15, -0.1) is 0 Å². The average molecular weight is 231 g/mol. The van der Waals surface area contributed by atoms with Crippen molar-refractivity contribution in [2.24, 2.45) is 0 Å². The van der Waals surface area contributed by atoms with Gasteiger partial charge in [-0.25, -0.2) is 0 Å². The zero-order chi connectivity index (χ0) is 12.2. The highest BCUT2D eigenvalue weighted by Crippen LogP contribution is 2.12. The van der Waals surface area contributed by atoms with E-state index in [-0.39, 0.29) is 31.2 Å². The number of esters is 1. The second-order valence-electron chi connectivity index (χ2n) is 5.01. The molecule has 0 amide bonds. The predicted molar refractivity (Wildman–Crippen MR) is 59.1 cm³/mol. The Bertz CT molecular complexity index is 237. The first-order valence-corrected chi connectivity index (χ1v) is 5.59. The van der Waals surface area contributed by atoms with E-state index in [0.717, 1.165) is 0 Å². The predicted octanol–water partition coefficient (Wildman–Crippen LogP) is 0.0675. The Balaban J connectivity index is 2.33. The van der Waals surface area contributed by atoms with E-state index in [1.54, 1.807) is 0 Å². The summed E-state index contributed by atoms with van der Waals surface area (Å²) in [7, 11) is 0. The number of aliphatic hydroxyl groups is 1. The Morgan fingerprint density at radius 2 is 2.06 bits per heavy atom. The monoisotopic (exact) mass is 231 g/mol. The molecule has 0 saturated carbocycles. The molecule has 1 saturated heterocycles. The van der Waals surface area contributed by atoms with Crippen LogP contribution in [0, 0.1) is 0 Å². The molecule has 1 rings (SSSR count). The van der Waals surface area contributed by atoms with Gasteiger partial charge in [-0.3, -0.25) is 4.79 Å². The van der Waals surface area contributed by atoms with E-state index < -0.39 is 5.60 Å². The van der Waals surface area contributed by atoms with Crippen LogP contribution in [0.15, 0.2) is 0 Å². The van der Waals surface area contributed by atoms with Gasteiger partial charge in [-0.2, -0.15) is 0 Å². The summed E-state index contributed by atoms with van der Waals surface area (Å²) in [5.74, 6) is -0.266. The van der Waals surface area contributed by atoms with E-state index in [2.05, 4.69) is 5.32 Å². The van der Waals surface area contributed by atoms with E-state index in [1.165, 1.54) is 0 Å². The van der Waals surface area contributed by atoms with Crippen LogP contribution in [-0.4, -0.2) is 48.6 Å². The first kappa shape index (κ1) is 13.4. The number of rotatable bonds is 3. The van der Waals surface area contributed by atoms with E-state index in [9.17, 15) is 4.79 Å². The summed E-state index contributed by atoms with van der Waals surface area (Å²) < 4.78 is 10.7. The zero-order valence-corrected chi connectivity index (χ0v) is 10.2. The highest BCUT2D eigenvalue weighted by atomic mass is 16.6. The second kappa shape index (κ2) is 5.61. The molecule has 5 nitrogen and oxygen atoms in total. The molecule has 5 heteroatoms. The molecule has 1 aliphatic heterocycles. The first-order chi connectivity index (χ1) is 7.40. The number of nitrogens with one attached hydrogen (secondary N) is 1. The normalized spacial score (nSPS) is 26.5. The third-order valence-electron chi connectivity index (χ3n) is 2.15. The van der Waals surface area contributed by atoms with Crippen molar-refractivity contribution in [3.05, 3.63) is 0 Å². The first-order valence-electron chi connectivity index (χ1n) is 5.59. The number of ether oxygens (including phenoxy) is 2. The largest absolute Gasteiger partial charge is 0.460 e. The Kier molecular flexibility index (Phi) is 4.70. The van der Waals surface area contributed by atoms with Crippen molar-refractivity contribution in [1.82, 2.24) is 5.32 Å². The minimum Gasteiger partial charge on any atom is -0.460 e. The smallest absolute Gasteiger partial charge is 0.308 e. The molecule has 0 spiro atoms. The van der Waals surface area contributed by atoms with Gasteiger partial charge in [-0.1, -0.05) is 0 Å². The summed E-state index contributed by atoms with van der Waals surface area (Å²) in [5, 5.41) is 12.1. The van der Waals surface area contributed by atoms with Crippen molar-refractivity contribution in [2.75, 3.05) is 19.7 Å². The highest BCUT2D eigenvalue weighted by Gasteiger charge is 2.26. The molecule has 1 heterocycles. The van der Waals surface area contributed by atoms with Gasteiger partial charge >= 0.3 is 5.97 Å². The average Bonchev–Trinajstić information content (AvgIpc) is 2.15. The van der Waals surface area contributed by atoms with Gasteiger partial charge in [0.25, 0.3) is 0 Å². The van der Waals surface area contributed by atoms with Gasteiger partial charge in [0.15, 0.2) is 0 Å². The van der Waals surface area contributed by atoms with E-state index >= 15 is 0 Å². The lowest BCUT2D eigenvalue weighted by Crippen LogP contribution is -2.47. The summed E-state index contributed by atoms with van der Waals surface area (Å²) >= 11 is 0. The number of hydrogen-bond donors (Lipinski definition) is 2. The fourth-order valence-electron chi connectivity index (χ4n) is 1.57. The van der Waals surface area contributed by atoms with Gasteiger partial charge in [0.1, 0.15) is 5.60 Å². The minimum atomic E-state index is -0.463. The maximum atomic E-state index is 11.5. The summed E-state index contributed by atoms with van der Waals surface area (Å²) in [4.78, 5) is 11.5. The number of aliphatic hydroxyl groups excluding tert-OH is 1. The molecule has 16 heavy (non-hydrogen) atoms. The Morgan fingerprint density at radius 3 is 2.62 bits per heavy atom. The molecule has 94 valence electrons. The van der Waals surface area contributed by atoms with Crippen molar-refractivity contribution in [1.29, 1.82) is 0 Å². The quantitative estimate of drug-likeness (QED) is 0.673. The van der Waals surface area contributed by atoms with Crippen LogP contribution in [0.1, 0.15) is 27.2 Å². The van der Waals surface area contributed by atoms with Gasteiger partial charge in [0, 0.05) is 13.1 Å². The van der Waals surface area contributed by atoms with Crippen molar-refractivity contribution in [3.8, 4) is 0 Å². The van der Waals surface area contributed by atoms with Crippen LogP contribution in [0.5, 0.6) is 0 Å². The van der Waals surface area contributed by atoms with Crippen molar-refractivity contribution < 1.29 is 19.4 Å². The standard InChI is InChI=1S/C11H21NO4/c1-11(2,3)16-10(14)4-8-5-12-6-9(7-13)15-8/h8-9,12-13H,4-7H2,1-3H3/t8-,9+/m1/s1. The van der Waals surface area contributed by atoms with Crippen LogP contribution in [0.3, 0.4) is 0 Å². The van der Waals surface area contributed by atoms with Crippen LogP contribution < -0.4 is 5.32 Å². The SMILES string of the molecule is CC(C)(C)OC(=O)C[C@@H]1CNC[C@@H](CO)O1. The highest BCUT2D eigenvalue weighted by molar-refractivity contribution is 5.70. The van der Waals surface area contributed by atoms with Crippen LogP contribution in [0.2, 0.25) is 0 Å². The molecule has 0 bridgehead atoms. The van der Waals surface area contributed by atoms with Crippen molar-refractivity contribution >= 4 is 5.97 Å². The Hall–Kier alpha value is -0.650. The molecule has 0 radical (unpaired) electrons. The fourth-order valence-corrected chi connectivity index (χ4v) is 1.57. The molecule has 2 atom stereocenters. The molecule has 1 fully saturated rings. The molecular weight excluding hydrogens is 210 g/mol. The van der Waals surface area contributed by atoms with Gasteiger partial charge < -0.3 is 19.9 Å². The van der Waals surface area contributed by atoms with Crippen LogP contribution in [0.25, 0.3) is 0 Å². The van der Waals surface area contributed by atoms with Gasteiger partial charge in [-0.05, 0) is 20.8 Å². The number of carbonyl (C=O) groups is 1. The molecular formula is C11H21NO4. The van der Waals surface area contributed by atoms with E-state index in [0.29, 0.717) is 13.1 Å². The lowest BCUT2D eigenvalue weighted by atomic mass is 10.1. The fraction of sp³-hybridized carbons (Fsp3) is 0.909. The molecule has 1 aliphatic rings. The summed E-state index contributed by atoms with van der Waals surface area (Å²) in [6.07, 6.45) is -0.206. The number of morpholine rings is 1. The minimum absolute atomic E-state index is 0.0299. The lowest BCUT2D eigenvalue weighted by molar-refractivity contribution is -0.160. The zero-order valence-electron chi connectivity index (χ0n) is 10.2. The van der Waals surface area contributed by atoms with Crippen molar-refractivity contribution in [2.45, 2.75) is 45.0 Å². The number of hydrogen-bond acceptors (Lipinski definition) is 5. The van der Waals surface area contributed by atoms with Crippen molar-refractivity contribution in [3.63, 3.8) is 0 Å². The second-order valence-corrected chi connectivity index (χ2v) is 5.01. The maximum Gasteiger partial charge on any atom is 0.308 e. The topological polar surface area (TPSA) is 67.8 Å². The molecule has 0 aromatic carbocycles. The van der Waals surface area contributed by atoms with Crippen LogP contribution >= 0.6 is 0 Å². The molecule has 2 N–H and O–H groups in total. The summed E-state index contributed by atoms with van der Waals surface area (Å²) in [6, 6.07) is 0. The van der Waals surface area contributed by atoms with E-state index in [4.69, 9.17) is 14.6 Å². The third-order valence-corrected chi connectivity index (χ3v) is 2.15.